The van der Waals surface area contributed by atoms with Gasteiger partial charge in [-0.2, -0.15) is 5.26 Å². The molecule has 3 heterocycles. The summed E-state index contributed by atoms with van der Waals surface area (Å²) < 4.78 is 0. The van der Waals surface area contributed by atoms with E-state index in [1.165, 1.54) is 23.1 Å². The Balaban J connectivity index is 1.58. The highest BCUT2D eigenvalue weighted by Gasteiger charge is 2.24. The number of thiophene rings is 2. The van der Waals surface area contributed by atoms with E-state index in [1.54, 1.807) is 23.2 Å². The van der Waals surface area contributed by atoms with E-state index in [2.05, 4.69) is 16.0 Å². The zero-order valence-electron chi connectivity index (χ0n) is 16.6. The molecule has 0 saturated carbocycles. The van der Waals surface area contributed by atoms with Crippen LogP contribution in [0.3, 0.4) is 0 Å². The van der Waals surface area contributed by atoms with Crippen molar-refractivity contribution in [3.63, 3.8) is 0 Å². The summed E-state index contributed by atoms with van der Waals surface area (Å²) in [4.78, 5) is 36.6. The fraction of sp³-hybridized carbons (Fsp3) is 0.182. The summed E-state index contributed by atoms with van der Waals surface area (Å²) in [5, 5.41) is 13.4. The molecule has 6 nitrogen and oxygen atoms in total. The number of fused-ring (bicyclic) bond motifs is 1. The van der Waals surface area contributed by atoms with Crippen LogP contribution in [-0.2, 0) is 4.79 Å². The Bertz CT molecular complexity index is 1290. The van der Waals surface area contributed by atoms with Gasteiger partial charge < -0.3 is 9.88 Å². The van der Waals surface area contributed by atoms with Crippen molar-refractivity contribution >= 4 is 56.2 Å². The molecule has 0 fully saturated rings. The molecule has 0 unspecified atom stereocenters. The van der Waals surface area contributed by atoms with E-state index in [0.717, 1.165) is 16.1 Å². The van der Waals surface area contributed by atoms with Gasteiger partial charge in [0.1, 0.15) is 4.83 Å². The standard InChI is InChI=1S/C22H18N4O2S3/c1-14(21(28)26(11-6-10-23)15-7-3-2-4-8-15)31-22-24-19(27)18-16(13-30-20(18)25-22)17-9-5-12-29-17/h2-5,7-9,12-14H,6,11H2,1H3,(H,24,25,27)/t14-/m1/s1. The molecule has 4 rings (SSSR count). The number of carbonyl (C=O) groups excluding carboxylic acids is 1. The summed E-state index contributed by atoms with van der Waals surface area (Å²) in [6.45, 7) is 2.09. The number of para-hydroxylation sites is 1. The van der Waals surface area contributed by atoms with E-state index >= 15 is 0 Å². The van der Waals surface area contributed by atoms with Gasteiger partial charge in [0.25, 0.3) is 5.56 Å². The SMILES string of the molecule is C[C@@H](Sc1nc2scc(-c3cccs3)c2c(=O)[nH]1)C(=O)N(CCC#N)c1ccccc1. The first-order valence-electron chi connectivity index (χ1n) is 9.54. The number of rotatable bonds is 7. The highest BCUT2D eigenvalue weighted by molar-refractivity contribution is 8.00. The maximum absolute atomic E-state index is 13.1. The Morgan fingerprint density at radius 2 is 2.06 bits per heavy atom. The smallest absolute Gasteiger partial charge is 0.260 e. The molecular formula is C22H18N4O2S3. The van der Waals surface area contributed by atoms with Gasteiger partial charge >= 0.3 is 0 Å². The van der Waals surface area contributed by atoms with Crippen molar-refractivity contribution in [1.82, 2.24) is 9.97 Å². The molecule has 0 aliphatic rings. The van der Waals surface area contributed by atoms with Crippen molar-refractivity contribution in [2.24, 2.45) is 0 Å². The Hall–Kier alpha value is -2.93. The third kappa shape index (κ3) is 4.56. The normalized spacial score (nSPS) is 11.9. The minimum Gasteiger partial charge on any atom is -0.310 e. The van der Waals surface area contributed by atoms with Crippen LogP contribution in [0.4, 0.5) is 5.69 Å². The largest absolute Gasteiger partial charge is 0.310 e. The van der Waals surface area contributed by atoms with Crippen molar-refractivity contribution < 1.29 is 4.79 Å². The van der Waals surface area contributed by atoms with Crippen LogP contribution in [0.15, 0.2) is 63.2 Å². The van der Waals surface area contributed by atoms with Crippen molar-refractivity contribution in [2.75, 3.05) is 11.4 Å². The number of nitrogens with zero attached hydrogens (tertiary/aromatic N) is 3. The second kappa shape index (κ2) is 9.47. The van der Waals surface area contributed by atoms with E-state index in [4.69, 9.17) is 5.26 Å². The number of nitrogens with one attached hydrogen (secondary N) is 1. The number of hydrogen-bond acceptors (Lipinski definition) is 7. The number of thioether (sulfide) groups is 1. The van der Waals surface area contributed by atoms with E-state index in [-0.39, 0.29) is 17.9 Å². The number of nitriles is 1. The number of benzene rings is 1. The highest BCUT2D eigenvalue weighted by Crippen LogP contribution is 2.34. The third-order valence-electron chi connectivity index (χ3n) is 4.63. The molecule has 1 atom stereocenters. The highest BCUT2D eigenvalue weighted by atomic mass is 32.2. The summed E-state index contributed by atoms with van der Waals surface area (Å²) in [6.07, 6.45) is 0.236. The van der Waals surface area contributed by atoms with E-state index in [0.29, 0.717) is 21.9 Å². The predicted molar refractivity (Wildman–Crippen MR) is 128 cm³/mol. The molecule has 1 N–H and O–H groups in total. The van der Waals surface area contributed by atoms with Crippen LogP contribution in [0.25, 0.3) is 20.7 Å². The van der Waals surface area contributed by atoms with Gasteiger partial charge in [-0.3, -0.25) is 9.59 Å². The molecule has 0 aliphatic carbocycles. The lowest BCUT2D eigenvalue weighted by Gasteiger charge is -2.24. The first-order chi connectivity index (χ1) is 15.1. The molecule has 156 valence electrons. The van der Waals surface area contributed by atoms with Gasteiger partial charge in [-0.1, -0.05) is 36.0 Å². The van der Waals surface area contributed by atoms with Crippen molar-refractivity contribution in [1.29, 1.82) is 5.26 Å². The lowest BCUT2D eigenvalue weighted by molar-refractivity contribution is -0.117. The molecule has 1 aromatic carbocycles. The number of H-pyrrole nitrogens is 1. The Morgan fingerprint density at radius 1 is 1.26 bits per heavy atom. The summed E-state index contributed by atoms with van der Waals surface area (Å²) in [6, 6.07) is 15.3. The fourth-order valence-corrected chi connectivity index (χ4v) is 5.85. The van der Waals surface area contributed by atoms with Gasteiger partial charge in [0.05, 0.1) is 23.1 Å². The van der Waals surface area contributed by atoms with Crippen molar-refractivity contribution in [3.05, 3.63) is 63.6 Å². The number of amides is 1. The van der Waals surface area contributed by atoms with E-state index < -0.39 is 5.25 Å². The number of anilines is 1. The molecule has 0 spiro atoms. The van der Waals surface area contributed by atoms with Crippen molar-refractivity contribution in [2.45, 2.75) is 23.8 Å². The number of aromatic nitrogens is 2. The molecule has 0 aliphatic heterocycles. The lowest BCUT2D eigenvalue weighted by Crippen LogP contribution is -2.37. The van der Waals surface area contributed by atoms with Crippen molar-refractivity contribution in [3.8, 4) is 16.5 Å². The first kappa shape index (κ1) is 21.3. The predicted octanol–water partition coefficient (Wildman–Crippen LogP) is 5.14. The van der Waals surface area contributed by atoms with Crippen LogP contribution in [0.1, 0.15) is 13.3 Å². The van der Waals surface area contributed by atoms with Gasteiger partial charge in [0, 0.05) is 28.1 Å². The number of aromatic amines is 1. The minimum atomic E-state index is -0.490. The van der Waals surface area contributed by atoms with Crippen LogP contribution in [-0.4, -0.2) is 27.7 Å². The Labute approximate surface area is 191 Å². The molecular weight excluding hydrogens is 448 g/mol. The lowest BCUT2D eigenvalue weighted by atomic mass is 10.2. The van der Waals surface area contributed by atoms with Crippen LogP contribution < -0.4 is 10.5 Å². The molecule has 0 radical (unpaired) electrons. The van der Waals surface area contributed by atoms with Crippen LogP contribution in [0.5, 0.6) is 0 Å². The minimum absolute atomic E-state index is 0.139. The van der Waals surface area contributed by atoms with Gasteiger partial charge in [-0.15, -0.1) is 22.7 Å². The molecule has 0 bridgehead atoms. The zero-order chi connectivity index (χ0) is 21.8. The molecule has 4 aromatic rings. The summed E-state index contributed by atoms with van der Waals surface area (Å²) in [7, 11) is 0. The molecule has 9 heteroatoms. The average Bonchev–Trinajstić information content (AvgIpc) is 3.44. The molecule has 0 saturated heterocycles. The average molecular weight is 467 g/mol. The number of hydrogen-bond donors (Lipinski definition) is 1. The second-order valence-electron chi connectivity index (χ2n) is 6.67. The van der Waals surface area contributed by atoms with Gasteiger partial charge in [0.2, 0.25) is 5.91 Å². The second-order valence-corrected chi connectivity index (χ2v) is 9.81. The zero-order valence-corrected chi connectivity index (χ0v) is 19.0. The number of carbonyl (C=O) groups is 1. The van der Waals surface area contributed by atoms with E-state index in [1.807, 2.05) is 53.2 Å². The molecule has 1 amide bonds. The summed E-state index contributed by atoms with van der Waals surface area (Å²) in [5.74, 6) is -0.139. The summed E-state index contributed by atoms with van der Waals surface area (Å²) in [5.41, 5.74) is 1.42. The first-order valence-corrected chi connectivity index (χ1v) is 12.2. The fourth-order valence-electron chi connectivity index (χ4n) is 3.17. The monoisotopic (exact) mass is 466 g/mol. The molecule has 3 aromatic heterocycles. The topological polar surface area (TPSA) is 89.8 Å². The molecule has 31 heavy (non-hydrogen) atoms. The van der Waals surface area contributed by atoms with Crippen LogP contribution in [0.2, 0.25) is 0 Å². The maximum Gasteiger partial charge on any atom is 0.260 e. The van der Waals surface area contributed by atoms with Gasteiger partial charge in [-0.25, -0.2) is 4.98 Å². The van der Waals surface area contributed by atoms with Crippen LogP contribution >= 0.6 is 34.4 Å². The maximum atomic E-state index is 13.1. The van der Waals surface area contributed by atoms with Gasteiger partial charge in [-0.05, 0) is 30.5 Å². The Kier molecular flexibility index (Phi) is 6.51. The van der Waals surface area contributed by atoms with Crippen LogP contribution in [0, 0.1) is 11.3 Å². The van der Waals surface area contributed by atoms with Gasteiger partial charge in [0.15, 0.2) is 5.16 Å². The quantitative estimate of drug-likeness (QED) is 0.301. The Morgan fingerprint density at radius 3 is 2.77 bits per heavy atom. The van der Waals surface area contributed by atoms with E-state index in [9.17, 15) is 9.59 Å². The third-order valence-corrected chi connectivity index (χ3v) is 7.37. The summed E-state index contributed by atoms with van der Waals surface area (Å²) >= 11 is 4.21.